The molecule has 0 radical (unpaired) electrons. The maximum atomic E-state index is 4.51. The van der Waals surface area contributed by atoms with Gasteiger partial charge in [-0.05, 0) is 24.0 Å². The topological polar surface area (TPSA) is 24.4 Å². The molecule has 1 N–H and O–H groups in total. The van der Waals surface area contributed by atoms with Gasteiger partial charge in [0.25, 0.3) is 0 Å². The van der Waals surface area contributed by atoms with Crippen LogP contribution in [0.3, 0.4) is 0 Å². The van der Waals surface area contributed by atoms with Crippen molar-refractivity contribution in [2.45, 2.75) is 26.2 Å². The summed E-state index contributed by atoms with van der Waals surface area (Å²) in [5.74, 6) is 1.64. The Balaban J connectivity index is 2.27. The molecule has 2 nitrogen and oxygen atoms in total. The second-order valence-corrected chi connectivity index (χ2v) is 4.29. The minimum absolute atomic E-state index is 0.578. The van der Waals surface area contributed by atoms with Gasteiger partial charge in [0.15, 0.2) is 0 Å². The number of rotatable bonds is 2. The molecule has 2 heteroatoms. The highest BCUT2D eigenvalue weighted by atomic mass is 15.0. The van der Waals surface area contributed by atoms with Crippen LogP contribution in [-0.2, 0) is 0 Å². The molecular weight excluding hydrogens is 184 g/mol. The van der Waals surface area contributed by atoms with Gasteiger partial charge in [-0.2, -0.15) is 0 Å². The largest absolute Gasteiger partial charge is 0.370 e. The van der Waals surface area contributed by atoms with Crippen LogP contribution in [0.15, 0.2) is 29.3 Å². The van der Waals surface area contributed by atoms with E-state index in [1.807, 2.05) is 0 Å². The molecule has 1 heterocycles. The van der Waals surface area contributed by atoms with Gasteiger partial charge in [-0.1, -0.05) is 32.0 Å². The van der Waals surface area contributed by atoms with Crippen LogP contribution >= 0.6 is 0 Å². The maximum Gasteiger partial charge on any atom is 0.128 e. The Morgan fingerprint density at radius 1 is 1.33 bits per heavy atom. The first-order chi connectivity index (χ1) is 7.27. The first kappa shape index (κ1) is 10.2. The summed E-state index contributed by atoms with van der Waals surface area (Å²) >= 11 is 0. The summed E-state index contributed by atoms with van der Waals surface area (Å²) in [7, 11) is 0. The Morgan fingerprint density at radius 3 is 2.87 bits per heavy atom. The van der Waals surface area contributed by atoms with Gasteiger partial charge in [-0.3, -0.25) is 4.99 Å². The van der Waals surface area contributed by atoms with Gasteiger partial charge in [0.2, 0.25) is 0 Å². The summed E-state index contributed by atoms with van der Waals surface area (Å²) in [4.78, 5) is 4.51. The fourth-order valence-electron chi connectivity index (χ4n) is 1.77. The molecule has 0 amide bonds. The fourth-order valence-corrected chi connectivity index (χ4v) is 1.77. The van der Waals surface area contributed by atoms with E-state index in [9.17, 15) is 0 Å². The molecule has 1 aliphatic heterocycles. The molecule has 0 fully saturated rings. The Bertz CT molecular complexity index is 367. The molecule has 0 spiro atoms. The number of hydrogen-bond donors (Lipinski definition) is 1. The number of hydrogen-bond acceptors (Lipinski definition) is 2. The number of nitrogens with one attached hydrogen (secondary N) is 1. The molecule has 0 saturated carbocycles. The summed E-state index contributed by atoms with van der Waals surface area (Å²) in [6.45, 7) is 6.43. The van der Waals surface area contributed by atoms with Gasteiger partial charge < -0.3 is 5.32 Å². The number of nitrogens with zero attached hydrogens (tertiary/aromatic N) is 1. The van der Waals surface area contributed by atoms with E-state index in [0.717, 1.165) is 25.3 Å². The molecular formula is C13H18N2. The van der Waals surface area contributed by atoms with E-state index in [-0.39, 0.29) is 0 Å². The minimum atomic E-state index is 0.578. The summed E-state index contributed by atoms with van der Waals surface area (Å²) < 4.78 is 0. The lowest BCUT2D eigenvalue weighted by Gasteiger charge is -2.16. The van der Waals surface area contributed by atoms with Crippen molar-refractivity contribution >= 4 is 5.84 Å². The Morgan fingerprint density at radius 2 is 2.20 bits per heavy atom. The van der Waals surface area contributed by atoms with Crippen LogP contribution in [-0.4, -0.2) is 18.9 Å². The molecule has 2 rings (SSSR count). The average Bonchev–Trinajstić information content (AvgIpc) is 2.30. The third-order valence-electron chi connectivity index (χ3n) is 2.72. The van der Waals surface area contributed by atoms with Crippen LogP contribution in [0.2, 0.25) is 0 Å². The Kier molecular flexibility index (Phi) is 3.05. The van der Waals surface area contributed by atoms with E-state index in [2.05, 4.69) is 48.4 Å². The zero-order valence-electron chi connectivity index (χ0n) is 9.46. The lowest BCUT2D eigenvalue weighted by molar-refractivity contribution is 0.742. The van der Waals surface area contributed by atoms with Crippen LogP contribution in [0.4, 0.5) is 0 Å². The van der Waals surface area contributed by atoms with Crippen molar-refractivity contribution in [3.63, 3.8) is 0 Å². The number of benzene rings is 1. The SMILES string of the molecule is CC(C)c1cccc(C2=NCCCN2)c1. The molecule has 15 heavy (non-hydrogen) atoms. The predicted molar refractivity (Wildman–Crippen MR) is 64.6 cm³/mol. The second kappa shape index (κ2) is 4.47. The first-order valence-electron chi connectivity index (χ1n) is 5.66. The minimum Gasteiger partial charge on any atom is -0.370 e. The van der Waals surface area contributed by atoms with Crippen molar-refractivity contribution in [2.24, 2.45) is 4.99 Å². The van der Waals surface area contributed by atoms with Crippen LogP contribution in [0, 0.1) is 0 Å². The summed E-state index contributed by atoms with van der Waals surface area (Å²) in [5, 5.41) is 3.35. The Labute approximate surface area is 91.4 Å². The van der Waals surface area contributed by atoms with Gasteiger partial charge >= 0.3 is 0 Å². The van der Waals surface area contributed by atoms with Crippen LogP contribution in [0.5, 0.6) is 0 Å². The molecule has 0 aromatic heterocycles. The van der Waals surface area contributed by atoms with E-state index < -0.39 is 0 Å². The number of amidine groups is 1. The molecule has 0 bridgehead atoms. The van der Waals surface area contributed by atoms with E-state index in [1.54, 1.807) is 0 Å². The third kappa shape index (κ3) is 2.38. The second-order valence-electron chi connectivity index (χ2n) is 4.29. The fraction of sp³-hybridized carbons (Fsp3) is 0.462. The van der Waals surface area contributed by atoms with Gasteiger partial charge in [0, 0.05) is 18.7 Å². The van der Waals surface area contributed by atoms with Crippen molar-refractivity contribution in [2.75, 3.05) is 13.1 Å². The highest BCUT2D eigenvalue weighted by Gasteiger charge is 2.08. The zero-order chi connectivity index (χ0) is 10.7. The molecule has 80 valence electrons. The third-order valence-corrected chi connectivity index (χ3v) is 2.72. The van der Waals surface area contributed by atoms with E-state index in [1.165, 1.54) is 11.1 Å². The smallest absolute Gasteiger partial charge is 0.128 e. The van der Waals surface area contributed by atoms with Crippen molar-refractivity contribution in [1.82, 2.24) is 5.32 Å². The van der Waals surface area contributed by atoms with Gasteiger partial charge in [-0.25, -0.2) is 0 Å². The highest BCUT2D eigenvalue weighted by molar-refractivity contribution is 5.99. The van der Waals surface area contributed by atoms with Crippen molar-refractivity contribution in [3.8, 4) is 0 Å². The van der Waals surface area contributed by atoms with Gasteiger partial charge in [0.1, 0.15) is 5.84 Å². The van der Waals surface area contributed by atoms with Crippen LogP contribution in [0.25, 0.3) is 0 Å². The van der Waals surface area contributed by atoms with Gasteiger partial charge in [0.05, 0.1) is 0 Å². The monoisotopic (exact) mass is 202 g/mol. The molecule has 1 aromatic rings. The van der Waals surface area contributed by atoms with E-state index in [0.29, 0.717) is 5.92 Å². The van der Waals surface area contributed by atoms with Crippen molar-refractivity contribution in [3.05, 3.63) is 35.4 Å². The summed E-state index contributed by atoms with van der Waals surface area (Å²) in [6.07, 6.45) is 1.15. The van der Waals surface area contributed by atoms with Crippen molar-refractivity contribution in [1.29, 1.82) is 0 Å². The molecule has 0 aliphatic carbocycles. The quantitative estimate of drug-likeness (QED) is 0.783. The summed E-state index contributed by atoms with van der Waals surface area (Å²) in [6, 6.07) is 8.66. The molecule has 0 unspecified atom stereocenters. The average molecular weight is 202 g/mol. The molecule has 1 aliphatic rings. The highest BCUT2D eigenvalue weighted by Crippen LogP contribution is 2.16. The van der Waals surface area contributed by atoms with Crippen LogP contribution < -0.4 is 5.32 Å². The molecule has 1 aromatic carbocycles. The predicted octanol–water partition coefficient (Wildman–Crippen LogP) is 2.55. The van der Waals surface area contributed by atoms with Crippen molar-refractivity contribution < 1.29 is 0 Å². The maximum absolute atomic E-state index is 4.51. The lowest BCUT2D eigenvalue weighted by atomic mass is 10.0. The standard InChI is InChI=1S/C13H18N2/c1-10(2)11-5-3-6-12(9-11)13-14-7-4-8-15-13/h3,5-6,9-10H,4,7-8H2,1-2H3,(H,14,15). The molecule has 0 saturated heterocycles. The number of aliphatic imine (C=N–C) groups is 1. The van der Waals surface area contributed by atoms with Crippen LogP contribution in [0.1, 0.15) is 37.3 Å². The first-order valence-corrected chi connectivity index (χ1v) is 5.66. The summed E-state index contributed by atoms with van der Waals surface area (Å²) in [5.41, 5.74) is 2.60. The molecule has 0 atom stereocenters. The zero-order valence-corrected chi connectivity index (χ0v) is 9.46. The lowest BCUT2D eigenvalue weighted by Crippen LogP contribution is -2.30. The van der Waals surface area contributed by atoms with Gasteiger partial charge in [-0.15, -0.1) is 0 Å². The van der Waals surface area contributed by atoms with E-state index in [4.69, 9.17) is 0 Å². The van der Waals surface area contributed by atoms with E-state index >= 15 is 0 Å². The normalized spacial score (nSPS) is 16.1. The Hall–Kier alpha value is -1.31.